The summed E-state index contributed by atoms with van der Waals surface area (Å²) in [5, 5.41) is 2.76. The Morgan fingerprint density at radius 1 is 1.08 bits per heavy atom. The topological polar surface area (TPSA) is 95.6 Å². The first kappa shape index (κ1) is 17.9. The zero-order chi connectivity index (χ0) is 18.7. The highest BCUT2D eigenvalue weighted by atomic mass is 32.2. The number of carbonyl (C=O) groups is 2. The number of carbonyl (C=O) groups excluding carboxylic acids is 2. The second kappa shape index (κ2) is 7.17. The molecule has 1 fully saturated rings. The fourth-order valence-electron chi connectivity index (χ4n) is 2.79. The van der Waals surface area contributed by atoms with Gasteiger partial charge in [-0.3, -0.25) is 14.3 Å². The Bertz CT molecular complexity index is 939. The molecular weight excluding hydrogens is 354 g/mol. The minimum Gasteiger partial charge on any atom is -0.322 e. The van der Waals surface area contributed by atoms with Crippen molar-refractivity contribution in [2.75, 3.05) is 27.7 Å². The molecule has 0 atom stereocenters. The predicted molar refractivity (Wildman–Crippen MR) is 101 cm³/mol. The van der Waals surface area contributed by atoms with Gasteiger partial charge in [0.15, 0.2) is 0 Å². The fourth-order valence-corrected chi connectivity index (χ4v) is 3.34. The standard InChI is InChI=1S/C18H19N3O4S/c1-26(24,25)20-15-5-2-4-13(12-15)18(23)19-14-7-9-16(10-8-14)21-11-3-6-17(21)22/h2,4-5,7-10,12,20H,3,6,11H2,1H3,(H,19,23). The van der Waals surface area contributed by atoms with Crippen LogP contribution in [0, 0.1) is 0 Å². The van der Waals surface area contributed by atoms with Crippen LogP contribution in [-0.2, 0) is 14.8 Å². The third-order valence-electron chi connectivity index (χ3n) is 3.94. The highest BCUT2D eigenvalue weighted by molar-refractivity contribution is 7.92. The lowest BCUT2D eigenvalue weighted by molar-refractivity contribution is -0.117. The molecule has 1 saturated heterocycles. The van der Waals surface area contributed by atoms with Crippen LogP contribution in [0.5, 0.6) is 0 Å². The van der Waals surface area contributed by atoms with Crippen molar-refractivity contribution in [2.24, 2.45) is 0 Å². The average molecular weight is 373 g/mol. The van der Waals surface area contributed by atoms with Crippen molar-refractivity contribution in [1.82, 2.24) is 0 Å². The molecule has 0 aliphatic carbocycles. The number of benzene rings is 2. The molecule has 2 N–H and O–H groups in total. The molecule has 2 aromatic carbocycles. The Morgan fingerprint density at radius 2 is 1.81 bits per heavy atom. The third kappa shape index (κ3) is 4.40. The first-order valence-electron chi connectivity index (χ1n) is 8.11. The summed E-state index contributed by atoms with van der Waals surface area (Å²) in [6.45, 7) is 0.713. The van der Waals surface area contributed by atoms with Crippen molar-refractivity contribution in [3.63, 3.8) is 0 Å². The van der Waals surface area contributed by atoms with Crippen LogP contribution < -0.4 is 14.9 Å². The van der Waals surface area contributed by atoms with Gasteiger partial charge in [-0.25, -0.2) is 8.42 Å². The van der Waals surface area contributed by atoms with E-state index in [1.54, 1.807) is 47.4 Å². The number of amides is 2. The molecular formula is C18H19N3O4S. The van der Waals surface area contributed by atoms with E-state index in [-0.39, 0.29) is 11.8 Å². The van der Waals surface area contributed by atoms with E-state index in [0.717, 1.165) is 18.4 Å². The quantitative estimate of drug-likeness (QED) is 0.841. The molecule has 0 aromatic heterocycles. The van der Waals surface area contributed by atoms with Crippen LogP contribution in [0.4, 0.5) is 17.1 Å². The van der Waals surface area contributed by atoms with E-state index in [2.05, 4.69) is 10.0 Å². The SMILES string of the molecule is CS(=O)(=O)Nc1cccc(C(=O)Nc2ccc(N3CCCC3=O)cc2)c1. The van der Waals surface area contributed by atoms with Crippen LogP contribution in [0.25, 0.3) is 0 Å². The number of hydrogen-bond donors (Lipinski definition) is 2. The van der Waals surface area contributed by atoms with Gasteiger partial charge in [-0.15, -0.1) is 0 Å². The van der Waals surface area contributed by atoms with E-state index >= 15 is 0 Å². The lowest BCUT2D eigenvalue weighted by Crippen LogP contribution is -2.23. The van der Waals surface area contributed by atoms with Gasteiger partial charge >= 0.3 is 0 Å². The molecule has 3 rings (SSSR count). The van der Waals surface area contributed by atoms with E-state index in [1.165, 1.54) is 6.07 Å². The van der Waals surface area contributed by atoms with E-state index in [1.807, 2.05) is 0 Å². The molecule has 2 aromatic rings. The Morgan fingerprint density at radius 3 is 2.42 bits per heavy atom. The molecule has 0 bridgehead atoms. The molecule has 1 aliphatic heterocycles. The number of anilines is 3. The van der Waals surface area contributed by atoms with Crippen molar-refractivity contribution in [3.05, 3.63) is 54.1 Å². The normalized spacial score (nSPS) is 14.3. The van der Waals surface area contributed by atoms with Gasteiger partial charge in [0.1, 0.15) is 0 Å². The van der Waals surface area contributed by atoms with Gasteiger partial charge in [0, 0.05) is 35.6 Å². The molecule has 7 nitrogen and oxygen atoms in total. The average Bonchev–Trinajstić information content (AvgIpc) is 3.00. The summed E-state index contributed by atoms with van der Waals surface area (Å²) in [5.74, 6) is -0.246. The zero-order valence-electron chi connectivity index (χ0n) is 14.2. The molecule has 8 heteroatoms. The van der Waals surface area contributed by atoms with Crippen molar-refractivity contribution < 1.29 is 18.0 Å². The maximum Gasteiger partial charge on any atom is 0.255 e. The molecule has 136 valence electrons. The van der Waals surface area contributed by atoms with Crippen molar-refractivity contribution in [1.29, 1.82) is 0 Å². The summed E-state index contributed by atoms with van der Waals surface area (Å²) in [5.41, 5.74) is 2.05. The number of rotatable bonds is 5. The molecule has 0 spiro atoms. The van der Waals surface area contributed by atoms with Gasteiger partial charge in [-0.05, 0) is 48.9 Å². The minimum atomic E-state index is -3.41. The van der Waals surface area contributed by atoms with Gasteiger partial charge in [0.25, 0.3) is 5.91 Å². The molecule has 2 amide bonds. The second-order valence-corrected chi connectivity index (χ2v) is 7.85. The van der Waals surface area contributed by atoms with E-state index < -0.39 is 10.0 Å². The van der Waals surface area contributed by atoms with Crippen LogP contribution in [0.15, 0.2) is 48.5 Å². The summed E-state index contributed by atoms with van der Waals surface area (Å²) in [4.78, 5) is 25.9. The zero-order valence-corrected chi connectivity index (χ0v) is 15.0. The minimum absolute atomic E-state index is 0.108. The predicted octanol–water partition coefficient (Wildman–Crippen LogP) is 2.44. The number of nitrogens with zero attached hydrogens (tertiary/aromatic N) is 1. The van der Waals surface area contributed by atoms with Gasteiger partial charge in [0.2, 0.25) is 15.9 Å². The lowest BCUT2D eigenvalue weighted by atomic mass is 10.2. The summed E-state index contributed by atoms with van der Waals surface area (Å²) in [6.07, 6.45) is 2.47. The van der Waals surface area contributed by atoms with Crippen LogP contribution in [-0.4, -0.2) is 33.0 Å². The summed E-state index contributed by atoms with van der Waals surface area (Å²) in [6, 6.07) is 13.3. The number of hydrogen-bond acceptors (Lipinski definition) is 4. The van der Waals surface area contributed by atoms with Crippen molar-refractivity contribution >= 4 is 38.9 Å². The Hall–Kier alpha value is -2.87. The van der Waals surface area contributed by atoms with Gasteiger partial charge < -0.3 is 10.2 Å². The van der Waals surface area contributed by atoms with Crippen molar-refractivity contribution in [2.45, 2.75) is 12.8 Å². The van der Waals surface area contributed by atoms with E-state index in [9.17, 15) is 18.0 Å². The number of sulfonamides is 1. The molecule has 0 unspecified atom stereocenters. The van der Waals surface area contributed by atoms with Crippen molar-refractivity contribution in [3.8, 4) is 0 Å². The Balaban J connectivity index is 1.70. The van der Waals surface area contributed by atoms with E-state index in [0.29, 0.717) is 29.9 Å². The molecule has 1 heterocycles. The third-order valence-corrected chi connectivity index (χ3v) is 4.54. The van der Waals surface area contributed by atoms with Gasteiger partial charge in [-0.2, -0.15) is 0 Å². The smallest absolute Gasteiger partial charge is 0.255 e. The fraction of sp³-hybridized carbons (Fsp3) is 0.222. The number of nitrogens with one attached hydrogen (secondary N) is 2. The van der Waals surface area contributed by atoms with Crippen LogP contribution >= 0.6 is 0 Å². The molecule has 1 aliphatic rings. The largest absolute Gasteiger partial charge is 0.322 e. The Labute approximate surface area is 152 Å². The highest BCUT2D eigenvalue weighted by Crippen LogP contribution is 2.23. The van der Waals surface area contributed by atoms with Crippen LogP contribution in [0.3, 0.4) is 0 Å². The monoisotopic (exact) mass is 373 g/mol. The maximum atomic E-state index is 12.4. The molecule has 0 radical (unpaired) electrons. The molecule has 0 saturated carbocycles. The summed E-state index contributed by atoms with van der Waals surface area (Å²) < 4.78 is 24.9. The van der Waals surface area contributed by atoms with Crippen LogP contribution in [0.1, 0.15) is 23.2 Å². The first-order chi connectivity index (χ1) is 12.3. The van der Waals surface area contributed by atoms with Gasteiger partial charge in [-0.1, -0.05) is 6.07 Å². The highest BCUT2D eigenvalue weighted by Gasteiger charge is 2.21. The lowest BCUT2D eigenvalue weighted by Gasteiger charge is -2.16. The summed E-state index contributed by atoms with van der Waals surface area (Å²) >= 11 is 0. The van der Waals surface area contributed by atoms with E-state index in [4.69, 9.17) is 0 Å². The summed E-state index contributed by atoms with van der Waals surface area (Å²) in [7, 11) is -3.41. The van der Waals surface area contributed by atoms with Gasteiger partial charge in [0.05, 0.1) is 6.26 Å². The second-order valence-electron chi connectivity index (χ2n) is 6.10. The maximum absolute atomic E-state index is 12.4. The first-order valence-corrected chi connectivity index (χ1v) is 10.0. The molecule has 26 heavy (non-hydrogen) atoms. The van der Waals surface area contributed by atoms with Crippen LogP contribution in [0.2, 0.25) is 0 Å². The Kier molecular flexibility index (Phi) is 4.94.